The maximum Gasteiger partial charge on any atom is 0.258 e. The smallest absolute Gasteiger partial charge is 0.258 e. The molecule has 7 heteroatoms. The number of nitrogens with one attached hydrogen (secondary N) is 1. The highest BCUT2D eigenvalue weighted by molar-refractivity contribution is 7.10. The van der Waals surface area contributed by atoms with Crippen molar-refractivity contribution >= 4 is 34.5 Å². The van der Waals surface area contributed by atoms with E-state index in [1.807, 2.05) is 48.8 Å². The molecule has 1 aliphatic heterocycles. The Morgan fingerprint density at radius 2 is 1.84 bits per heavy atom. The van der Waals surface area contributed by atoms with Crippen LogP contribution in [0.4, 0.5) is 11.4 Å². The fourth-order valence-corrected chi connectivity index (χ4v) is 4.50. The van der Waals surface area contributed by atoms with E-state index in [-0.39, 0.29) is 11.8 Å². The summed E-state index contributed by atoms with van der Waals surface area (Å²) in [5.41, 5.74) is 3.84. The van der Waals surface area contributed by atoms with Crippen LogP contribution < -0.4 is 10.2 Å². The zero-order valence-corrected chi connectivity index (χ0v) is 17.7. The second-order valence-electron chi connectivity index (χ2n) is 7.41. The Hall–Kier alpha value is -3.71. The first-order chi connectivity index (χ1) is 15.1. The average Bonchev–Trinajstić information content (AvgIpc) is 3.38. The number of hydrogen-bond donors (Lipinski definition) is 1. The van der Waals surface area contributed by atoms with E-state index in [1.54, 1.807) is 35.4 Å². The van der Waals surface area contributed by atoms with Crippen LogP contribution in [0.15, 0.2) is 72.4 Å². The van der Waals surface area contributed by atoms with E-state index in [1.165, 1.54) is 11.3 Å². The number of aromatic nitrogens is 2. The number of imidazole rings is 1. The summed E-state index contributed by atoms with van der Waals surface area (Å²) in [7, 11) is 0. The molecule has 2 amide bonds. The van der Waals surface area contributed by atoms with Crippen molar-refractivity contribution in [3.63, 3.8) is 0 Å². The van der Waals surface area contributed by atoms with Gasteiger partial charge in [-0.25, -0.2) is 4.98 Å². The Morgan fingerprint density at radius 3 is 2.61 bits per heavy atom. The minimum Gasteiger partial charge on any atom is -0.329 e. The number of aryl methyl sites for hydroxylation is 1. The highest BCUT2D eigenvalue weighted by atomic mass is 32.1. The third kappa shape index (κ3) is 3.64. The first-order valence-corrected chi connectivity index (χ1v) is 10.8. The molecule has 2 aromatic heterocycles. The number of carbonyl (C=O) groups is 2. The molecule has 5 rings (SSSR count). The number of amides is 2. The Morgan fingerprint density at radius 1 is 1.03 bits per heavy atom. The van der Waals surface area contributed by atoms with Gasteiger partial charge in [-0.3, -0.25) is 9.59 Å². The number of thiophene rings is 1. The number of benzene rings is 2. The molecule has 0 saturated heterocycles. The fourth-order valence-electron chi connectivity index (χ4n) is 3.81. The van der Waals surface area contributed by atoms with Gasteiger partial charge in [0.15, 0.2) is 0 Å². The third-order valence-electron chi connectivity index (χ3n) is 5.46. The summed E-state index contributed by atoms with van der Waals surface area (Å²) in [6.45, 7) is 3.01. The first-order valence-electron chi connectivity index (χ1n) is 9.95. The molecule has 0 aliphatic carbocycles. The molecule has 1 aliphatic rings. The molecule has 0 saturated carbocycles. The molecule has 0 fully saturated rings. The van der Waals surface area contributed by atoms with Gasteiger partial charge in [0.2, 0.25) is 0 Å². The molecule has 4 aromatic rings. The molecule has 2 aromatic carbocycles. The molecule has 3 heterocycles. The van der Waals surface area contributed by atoms with Crippen molar-refractivity contribution in [3.8, 4) is 0 Å². The van der Waals surface area contributed by atoms with Gasteiger partial charge in [-0.1, -0.05) is 18.2 Å². The Labute approximate surface area is 183 Å². The number of anilines is 2. The number of hydrogen-bond acceptors (Lipinski definition) is 4. The lowest BCUT2D eigenvalue weighted by molar-refractivity contribution is 0.0983. The van der Waals surface area contributed by atoms with Gasteiger partial charge in [0.05, 0.1) is 18.7 Å². The summed E-state index contributed by atoms with van der Waals surface area (Å²) in [5.74, 6) is 0.598. The van der Waals surface area contributed by atoms with Crippen LogP contribution >= 0.6 is 11.3 Å². The normalized spacial score (nSPS) is 12.6. The standard InChI is InChI=1S/C24H20N4O2S/c1-16-20(10-13-31-16)23(29)26-19-8-6-17(7-9-19)24(30)28-15-22-25-11-12-27(22)14-18-4-2-3-5-21(18)28/h2-13H,14-15H2,1H3,(H,26,29). The van der Waals surface area contributed by atoms with Crippen molar-refractivity contribution < 1.29 is 9.59 Å². The van der Waals surface area contributed by atoms with E-state index in [9.17, 15) is 9.59 Å². The van der Waals surface area contributed by atoms with E-state index < -0.39 is 0 Å². The summed E-state index contributed by atoms with van der Waals surface area (Å²) >= 11 is 1.54. The van der Waals surface area contributed by atoms with Crippen LogP contribution in [0.2, 0.25) is 0 Å². The minimum atomic E-state index is -0.147. The van der Waals surface area contributed by atoms with Crippen LogP contribution in [0.1, 0.15) is 37.0 Å². The molecular formula is C24H20N4O2S. The number of rotatable bonds is 3. The summed E-state index contributed by atoms with van der Waals surface area (Å²) in [5, 5.41) is 4.79. The topological polar surface area (TPSA) is 67.2 Å². The highest BCUT2D eigenvalue weighted by Gasteiger charge is 2.25. The van der Waals surface area contributed by atoms with Crippen molar-refractivity contribution in [1.29, 1.82) is 0 Å². The van der Waals surface area contributed by atoms with E-state index >= 15 is 0 Å². The predicted molar refractivity (Wildman–Crippen MR) is 122 cm³/mol. The number of fused-ring (bicyclic) bond motifs is 2. The van der Waals surface area contributed by atoms with Gasteiger partial charge in [0.1, 0.15) is 5.82 Å². The average molecular weight is 429 g/mol. The lowest BCUT2D eigenvalue weighted by atomic mass is 10.1. The first kappa shape index (κ1) is 19.3. The van der Waals surface area contributed by atoms with Gasteiger partial charge < -0.3 is 14.8 Å². The molecule has 0 spiro atoms. The highest BCUT2D eigenvalue weighted by Crippen LogP contribution is 2.28. The molecule has 154 valence electrons. The van der Waals surface area contributed by atoms with Gasteiger partial charge >= 0.3 is 0 Å². The second kappa shape index (κ2) is 7.85. The molecule has 0 radical (unpaired) electrons. The fraction of sp³-hybridized carbons (Fsp3) is 0.125. The number of para-hydroxylation sites is 1. The van der Waals surface area contributed by atoms with Crippen LogP contribution in [0.5, 0.6) is 0 Å². The van der Waals surface area contributed by atoms with Crippen molar-refractivity contribution in [2.75, 3.05) is 10.2 Å². The Bertz CT molecular complexity index is 1270. The summed E-state index contributed by atoms with van der Waals surface area (Å²) in [6.07, 6.45) is 3.70. The van der Waals surface area contributed by atoms with Crippen LogP contribution in [-0.4, -0.2) is 21.4 Å². The maximum absolute atomic E-state index is 13.4. The van der Waals surface area contributed by atoms with Crippen LogP contribution in [0.25, 0.3) is 0 Å². The van der Waals surface area contributed by atoms with Crippen LogP contribution in [0, 0.1) is 6.92 Å². The maximum atomic E-state index is 13.4. The lowest BCUT2D eigenvalue weighted by Gasteiger charge is -2.22. The zero-order valence-electron chi connectivity index (χ0n) is 16.9. The van der Waals surface area contributed by atoms with Gasteiger partial charge in [0.25, 0.3) is 11.8 Å². The van der Waals surface area contributed by atoms with Gasteiger partial charge in [-0.2, -0.15) is 0 Å². The van der Waals surface area contributed by atoms with Gasteiger partial charge in [0, 0.05) is 34.2 Å². The summed E-state index contributed by atoms with van der Waals surface area (Å²) in [4.78, 5) is 33.0. The van der Waals surface area contributed by atoms with E-state index in [4.69, 9.17) is 0 Å². The number of carbonyl (C=O) groups excluding carboxylic acids is 2. The Kier molecular flexibility index (Phi) is 4.88. The predicted octanol–water partition coefficient (Wildman–Crippen LogP) is 4.71. The monoisotopic (exact) mass is 428 g/mol. The van der Waals surface area contributed by atoms with Crippen molar-refractivity contribution in [2.45, 2.75) is 20.0 Å². The zero-order chi connectivity index (χ0) is 21.4. The third-order valence-corrected chi connectivity index (χ3v) is 6.31. The molecule has 1 N–H and O–H groups in total. The van der Waals surface area contributed by atoms with Crippen molar-refractivity contribution in [1.82, 2.24) is 9.55 Å². The number of nitrogens with zero attached hydrogens (tertiary/aromatic N) is 3. The van der Waals surface area contributed by atoms with Gasteiger partial charge in [-0.15, -0.1) is 11.3 Å². The molecule has 0 bridgehead atoms. The summed E-state index contributed by atoms with van der Waals surface area (Å²) in [6, 6.07) is 16.8. The van der Waals surface area contributed by atoms with Crippen molar-refractivity contribution in [2.24, 2.45) is 0 Å². The van der Waals surface area contributed by atoms with Crippen LogP contribution in [0.3, 0.4) is 0 Å². The minimum absolute atomic E-state index is 0.101. The van der Waals surface area contributed by atoms with Crippen molar-refractivity contribution in [3.05, 3.63) is 99.8 Å². The summed E-state index contributed by atoms with van der Waals surface area (Å²) < 4.78 is 2.07. The Balaban J connectivity index is 1.40. The quantitative estimate of drug-likeness (QED) is 0.514. The second-order valence-corrected chi connectivity index (χ2v) is 8.53. The molecule has 0 unspecified atom stereocenters. The van der Waals surface area contributed by atoms with E-state index in [2.05, 4.69) is 14.9 Å². The molecule has 6 nitrogen and oxygen atoms in total. The molecule has 0 atom stereocenters. The largest absolute Gasteiger partial charge is 0.329 e. The van der Waals surface area contributed by atoms with Gasteiger partial charge in [-0.05, 0) is 54.3 Å². The van der Waals surface area contributed by atoms with E-state index in [0.717, 1.165) is 22.0 Å². The van der Waals surface area contributed by atoms with Crippen LogP contribution in [-0.2, 0) is 13.1 Å². The van der Waals surface area contributed by atoms with E-state index in [0.29, 0.717) is 29.9 Å². The lowest BCUT2D eigenvalue weighted by Crippen LogP contribution is -2.30. The SMILES string of the molecule is Cc1sccc1C(=O)Nc1ccc(C(=O)N2Cc3nccn3Cc3ccccc32)cc1. The molecule has 31 heavy (non-hydrogen) atoms. The molecular weight excluding hydrogens is 408 g/mol.